The van der Waals surface area contributed by atoms with E-state index in [1.165, 1.54) is 63.4 Å². The Labute approximate surface area is 179 Å². The molecule has 1 atom stereocenters. The normalized spacial score (nSPS) is 13.0. The highest BCUT2D eigenvalue weighted by atomic mass is 16.3. The summed E-state index contributed by atoms with van der Waals surface area (Å²) in [6.45, 7) is 4.18. The van der Waals surface area contributed by atoms with E-state index >= 15 is 0 Å². The highest BCUT2D eigenvalue weighted by molar-refractivity contribution is 5.17. The molecule has 0 aliphatic carbocycles. The van der Waals surface area contributed by atoms with Crippen LogP contribution in [0, 0.1) is 0 Å². The Balaban J connectivity index is 2.60. The summed E-state index contributed by atoms with van der Waals surface area (Å²) in [5.41, 5.74) is 1.25. The van der Waals surface area contributed by atoms with Gasteiger partial charge in [-0.1, -0.05) is 95.0 Å². The van der Waals surface area contributed by atoms with Crippen molar-refractivity contribution in [3.63, 3.8) is 0 Å². The van der Waals surface area contributed by atoms with Gasteiger partial charge < -0.3 is 19.8 Å². The van der Waals surface area contributed by atoms with Crippen molar-refractivity contribution in [1.29, 1.82) is 0 Å². The van der Waals surface area contributed by atoms with E-state index in [4.69, 9.17) is 0 Å². The van der Waals surface area contributed by atoms with Crippen molar-refractivity contribution in [3.8, 4) is 0 Å². The Morgan fingerprint density at radius 2 is 1.10 bits per heavy atom. The number of aliphatic hydroxyl groups excluding tert-OH is 3. The number of hydrogen-bond donors (Lipinski definition) is 3. The molecule has 0 amide bonds. The molecule has 0 aliphatic rings. The molecular weight excluding hydrogens is 362 g/mol. The zero-order valence-corrected chi connectivity index (χ0v) is 18.8. The largest absolute Gasteiger partial charge is 0.391 e. The van der Waals surface area contributed by atoms with Crippen molar-refractivity contribution in [3.05, 3.63) is 35.9 Å². The number of quaternary nitrogens is 1. The lowest BCUT2D eigenvalue weighted by Crippen LogP contribution is -2.55. The van der Waals surface area contributed by atoms with E-state index in [1.54, 1.807) is 0 Å². The van der Waals surface area contributed by atoms with Gasteiger partial charge in [-0.25, -0.2) is 0 Å². The SMILES string of the molecule is CCCCCCCCCCCCC(c1ccccc1)[N+](CCO)(CCO)CCO. The highest BCUT2D eigenvalue weighted by Gasteiger charge is 2.36. The van der Waals surface area contributed by atoms with Gasteiger partial charge in [0, 0.05) is 12.0 Å². The summed E-state index contributed by atoms with van der Waals surface area (Å²) < 4.78 is 0.560. The lowest BCUT2D eigenvalue weighted by atomic mass is 9.95. The van der Waals surface area contributed by atoms with Gasteiger partial charge in [0.15, 0.2) is 0 Å². The first-order valence-corrected chi connectivity index (χ1v) is 12.0. The van der Waals surface area contributed by atoms with E-state index in [0.717, 1.165) is 12.8 Å². The Morgan fingerprint density at radius 1 is 0.655 bits per heavy atom. The number of benzene rings is 1. The fourth-order valence-corrected chi connectivity index (χ4v) is 4.66. The number of rotatable bonds is 19. The number of nitrogens with zero attached hydrogens (tertiary/aromatic N) is 1. The molecule has 0 saturated carbocycles. The smallest absolute Gasteiger partial charge is 0.115 e. The van der Waals surface area contributed by atoms with Crippen LogP contribution in [-0.4, -0.2) is 59.3 Å². The molecule has 1 aromatic carbocycles. The van der Waals surface area contributed by atoms with Crippen LogP contribution < -0.4 is 0 Å². The summed E-state index contributed by atoms with van der Waals surface area (Å²) in [6, 6.07) is 10.7. The Hall–Kier alpha value is -0.940. The van der Waals surface area contributed by atoms with Gasteiger partial charge in [0.1, 0.15) is 25.7 Å². The van der Waals surface area contributed by atoms with E-state index < -0.39 is 0 Å². The molecule has 0 radical (unpaired) electrons. The molecule has 0 bridgehead atoms. The third-order valence-electron chi connectivity index (χ3n) is 6.31. The average molecular weight is 409 g/mol. The zero-order chi connectivity index (χ0) is 21.2. The molecule has 168 valence electrons. The van der Waals surface area contributed by atoms with Gasteiger partial charge >= 0.3 is 0 Å². The molecule has 0 fully saturated rings. The standard InChI is InChI=1S/C25H46NO3/c1-2-3-4-5-6-7-8-9-10-14-17-25(24-15-12-11-13-16-24)26(18-21-27,19-22-28)20-23-29/h11-13,15-16,25,27-29H,2-10,14,17-23H2,1H3/q+1. The van der Waals surface area contributed by atoms with Gasteiger partial charge in [-0.15, -0.1) is 0 Å². The first-order chi connectivity index (χ1) is 14.2. The summed E-state index contributed by atoms with van der Waals surface area (Å²) in [5.74, 6) is 0. The topological polar surface area (TPSA) is 60.7 Å². The van der Waals surface area contributed by atoms with Crippen molar-refractivity contribution in [1.82, 2.24) is 0 Å². The zero-order valence-electron chi connectivity index (χ0n) is 18.8. The van der Waals surface area contributed by atoms with Crippen molar-refractivity contribution < 1.29 is 19.8 Å². The second kappa shape index (κ2) is 16.8. The maximum atomic E-state index is 9.72. The second-order valence-electron chi connectivity index (χ2n) is 8.46. The van der Waals surface area contributed by atoms with Gasteiger partial charge in [0.2, 0.25) is 0 Å². The maximum Gasteiger partial charge on any atom is 0.115 e. The lowest BCUT2D eigenvalue weighted by Gasteiger charge is -2.44. The van der Waals surface area contributed by atoms with Crippen LogP contribution in [0.3, 0.4) is 0 Å². The third-order valence-corrected chi connectivity index (χ3v) is 6.31. The molecule has 0 saturated heterocycles. The monoisotopic (exact) mass is 408 g/mol. The number of aliphatic hydroxyl groups is 3. The number of hydrogen-bond acceptors (Lipinski definition) is 3. The van der Waals surface area contributed by atoms with E-state index in [9.17, 15) is 15.3 Å². The maximum absolute atomic E-state index is 9.72. The van der Waals surface area contributed by atoms with E-state index in [0.29, 0.717) is 24.1 Å². The molecule has 4 heteroatoms. The van der Waals surface area contributed by atoms with Crippen LogP contribution >= 0.6 is 0 Å². The average Bonchev–Trinajstić information content (AvgIpc) is 2.73. The summed E-state index contributed by atoms with van der Waals surface area (Å²) in [4.78, 5) is 0. The second-order valence-corrected chi connectivity index (χ2v) is 8.46. The van der Waals surface area contributed by atoms with Crippen molar-refractivity contribution in [2.24, 2.45) is 0 Å². The van der Waals surface area contributed by atoms with E-state index in [2.05, 4.69) is 31.2 Å². The fourth-order valence-electron chi connectivity index (χ4n) is 4.66. The van der Waals surface area contributed by atoms with Crippen LogP contribution in [0.25, 0.3) is 0 Å². The van der Waals surface area contributed by atoms with Gasteiger partial charge in [0.05, 0.1) is 19.8 Å². The Kier molecular flexibility index (Phi) is 15.1. The summed E-state index contributed by atoms with van der Waals surface area (Å²) in [7, 11) is 0. The predicted octanol–water partition coefficient (Wildman–Crippen LogP) is 4.83. The molecule has 0 spiro atoms. The molecule has 29 heavy (non-hydrogen) atoms. The molecular formula is C25H46NO3+. The van der Waals surface area contributed by atoms with Gasteiger partial charge in [-0.2, -0.15) is 0 Å². The molecule has 3 N–H and O–H groups in total. The summed E-state index contributed by atoms with van der Waals surface area (Å²) in [6.07, 6.45) is 14.2. The van der Waals surface area contributed by atoms with Crippen LogP contribution in [-0.2, 0) is 0 Å². The first-order valence-electron chi connectivity index (χ1n) is 12.0. The van der Waals surface area contributed by atoms with E-state index in [-0.39, 0.29) is 25.9 Å². The minimum atomic E-state index is 0.0708. The summed E-state index contributed by atoms with van der Waals surface area (Å²) in [5, 5.41) is 29.2. The predicted molar refractivity (Wildman–Crippen MR) is 122 cm³/mol. The van der Waals surface area contributed by atoms with Crippen LogP contribution in [0.2, 0.25) is 0 Å². The molecule has 1 rings (SSSR count). The molecule has 0 aliphatic heterocycles. The van der Waals surface area contributed by atoms with Crippen LogP contribution in [0.5, 0.6) is 0 Å². The minimum Gasteiger partial charge on any atom is -0.391 e. The Morgan fingerprint density at radius 3 is 1.55 bits per heavy atom. The van der Waals surface area contributed by atoms with Gasteiger partial charge in [-0.3, -0.25) is 0 Å². The first kappa shape index (κ1) is 26.1. The molecule has 1 aromatic rings. The minimum absolute atomic E-state index is 0.0708. The fraction of sp³-hybridized carbons (Fsp3) is 0.760. The van der Waals surface area contributed by atoms with Crippen LogP contribution in [0.15, 0.2) is 30.3 Å². The summed E-state index contributed by atoms with van der Waals surface area (Å²) >= 11 is 0. The third kappa shape index (κ3) is 10.1. The molecule has 0 heterocycles. The van der Waals surface area contributed by atoms with Gasteiger partial charge in [0.25, 0.3) is 0 Å². The quantitative estimate of drug-likeness (QED) is 0.227. The van der Waals surface area contributed by atoms with Gasteiger partial charge in [-0.05, 0) is 6.42 Å². The van der Waals surface area contributed by atoms with Crippen LogP contribution in [0.1, 0.15) is 89.2 Å². The van der Waals surface area contributed by atoms with E-state index in [1.807, 2.05) is 6.07 Å². The number of unbranched alkanes of at least 4 members (excludes halogenated alkanes) is 9. The lowest BCUT2D eigenvalue weighted by molar-refractivity contribution is -0.958. The van der Waals surface area contributed by atoms with Crippen molar-refractivity contribution >= 4 is 0 Å². The molecule has 0 aromatic heterocycles. The van der Waals surface area contributed by atoms with Crippen molar-refractivity contribution in [2.45, 2.75) is 83.6 Å². The molecule has 4 nitrogen and oxygen atoms in total. The molecule has 1 unspecified atom stereocenters. The van der Waals surface area contributed by atoms with Crippen molar-refractivity contribution in [2.75, 3.05) is 39.5 Å². The Bertz CT molecular complexity index is 463. The highest BCUT2D eigenvalue weighted by Crippen LogP contribution is 2.33. The van der Waals surface area contributed by atoms with Crippen LogP contribution in [0.4, 0.5) is 0 Å².